The van der Waals surface area contributed by atoms with Gasteiger partial charge < -0.3 is 15.5 Å². The number of benzene rings is 2. The van der Waals surface area contributed by atoms with Crippen molar-refractivity contribution < 1.29 is 14.4 Å². The minimum atomic E-state index is -0.775. The van der Waals surface area contributed by atoms with Crippen LogP contribution in [0.3, 0.4) is 0 Å². The van der Waals surface area contributed by atoms with Gasteiger partial charge in [0.25, 0.3) is 11.5 Å². The van der Waals surface area contributed by atoms with Crippen molar-refractivity contribution >= 4 is 45.9 Å². The minimum absolute atomic E-state index is 0.0946. The normalized spacial score (nSPS) is 18.2. The van der Waals surface area contributed by atoms with Gasteiger partial charge in [-0.05, 0) is 62.1 Å². The van der Waals surface area contributed by atoms with Gasteiger partial charge in [0.2, 0.25) is 11.8 Å². The van der Waals surface area contributed by atoms with Crippen LogP contribution >= 0.6 is 11.6 Å². The Bertz CT molecular complexity index is 1730. The lowest BCUT2D eigenvalue weighted by Crippen LogP contribution is -2.44. The van der Waals surface area contributed by atoms with Crippen LogP contribution in [0.1, 0.15) is 42.6 Å². The largest absolute Gasteiger partial charge is 0.347 e. The van der Waals surface area contributed by atoms with Crippen LogP contribution in [0.25, 0.3) is 10.9 Å². The maximum Gasteiger partial charge on any atom is 0.331 e. The number of amides is 3. The minimum Gasteiger partial charge on any atom is -0.347 e. The number of nitrogens with zero attached hydrogens (tertiary/aromatic N) is 4. The Morgan fingerprint density at radius 2 is 1.83 bits per heavy atom. The number of rotatable bonds is 7. The number of carbonyl (C=O) groups excluding carboxylic acids is 3. The van der Waals surface area contributed by atoms with Crippen LogP contribution in [0, 0.1) is 23.2 Å². The SMILES string of the molecule is CCn1c(=O)n(CC2CC2)c(=O)c2cc(NC(=O)C3CN(C(C)=O)CC3NC(=O)c3ccc(C#N)c(Cl)c3)ccc21. The molecule has 2 aromatic carbocycles. The van der Waals surface area contributed by atoms with Crippen LogP contribution < -0.4 is 21.9 Å². The monoisotopic (exact) mass is 576 g/mol. The molecule has 2 unspecified atom stereocenters. The number of halogens is 1. The highest BCUT2D eigenvalue weighted by Gasteiger charge is 2.40. The third-order valence-electron chi connectivity index (χ3n) is 7.72. The Hall–Kier alpha value is -4.43. The molecule has 1 aliphatic carbocycles. The van der Waals surface area contributed by atoms with E-state index in [1.165, 1.54) is 34.6 Å². The standard InChI is InChI=1S/C29H29ClN6O5/c1-3-35-25-9-8-20(11-21(25)28(40)36(29(35)41)13-17-4-5-17)32-27(39)22-14-34(16(2)37)15-24(22)33-26(38)18-6-7-19(12-31)23(30)10-18/h6-11,17,22,24H,3-5,13-15H2,1-2H3,(H,32,39)(H,33,38). The van der Waals surface area contributed by atoms with Crippen molar-refractivity contribution in [3.05, 3.63) is 73.4 Å². The molecule has 212 valence electrons. The molecule has 3 amide bonds. The van der Waals surface area contributed by atoms with Gasteiger partial charge >= 0.3 is 5.69 Å². The summed E-state index contributed by atoms with van der Waals surface area (Å²) in [6, 6.07) is 10.4. The van der Waals surface area contributed by atoms with Gasteiger partial charge in [0.1, 0.15) is 6.07 Å². The number of likely N-dealkylation sites (tertiary alicyclic amines) is 1. The smallest absolute Gasteiger partial charge is 0.331 e. The molecule has 2 heterocycles. The molecule has 0 bridgehead atoms. The van der Waals surface area contributed by atoms with E-state index in [2.05, 4.69) is 10.6 Å². The van der Waals surface area contributed by atoms with Crippen molar-refractivity contribution in [2.75, 3.05) is 18.4 Å². The highest BCUT2D eigenvalue weighted by atomic mass is 35.5. The van der Waals surface area contributed by atoms with Crippen molar-refractivity contribution in [3.8, 4) is 6.07 Å². The number of carbonyl (C=O) groups is 3. The van der Waals surface area contributed by atoms with E-state index >= 15 is 0 Å². The molecule has 2 atom stereocenters. The molecule has 12 heteroatoms. The Kier molecular flexibility index (Phi) is 7.69. The first-order chi connectivity index (χ1) is 19.6. The quantitative estimate of drug-likeness (QED) is 0.441. The highest BCUT2D eigenvalue weighted by molar-refractivity contribution is 6.32. The number of aromatic nitrogens is 2. The fourth-order valence-electron chi connectivity index (χ4n) is 5.23. The molecule has 0 spiro atoms. The summed E-state index contributed by atoms with van der Waals surface area (Å²) in [4.78, 5) is 66.3. The van der Waals surface area contributed by atoms with Gasteiger partial charge in [-0.1, -0.05) is 11.6 Å². The van der Waals surface area contributed by atoms with Crippen molar-refractivity contribution in [1.29, 1.82) is 5.26 Å². The van der Waals surface area contributed by atoms with E-state index in [9.17, 15) is 24.0 Å². The third kappa shape index (κ3) is 5.60. The number of nitrogens with one attached hydrogen (secondary N) is 2. The summed E-state index contributed by atoms with van der Waals surface area (Å²) in [6.45, 7) is 4.22. The lowest BCUT2D eigenvalue weighted by atomic mass is 10.0. The molecule has 0 radical (unpaired) electrons. The lowest BCUT2D eigenvalue weighted by molar-refractivity contribution is -0.128. The molecule has 2 N–H and O–H groups in total. The summed E-state index contributed by atoms with van der Waals surface area (Å²) in [5, 5.41) is 15.2. The fourth-order valence-corrected chi connectivity index (χ4v) is 5.46. The summed E-state index contributed by atoms with van der Waals surface area (Å²) in [5.74, 6) is -1.61. The maximum atomic E-state index is 13.5. The van der Waals surface area contributed by atoms with Gasteiger partial charge in [-0.15, -0.1) is 0 Å². The number of hydrogen-bond donors (Lipinski definition) is 2. The zero-order valence-electron chi connectivity index (χ0n) is 22.6. The van der Waals surface area contributed by atoms with E-state index in [0.29, 0.717) is 35.6 Å². The molecular formula is C29H29ClN6O5. The van der Waals surface area contributed by atoms with Crippen molar-refractivity contribution in [2.24, 2.45) is 11.8 Å². The van der Waals surface area contributed by atoms with E-state index in [1.807, 2.05) is 13.0 Å². The highest BCUT2D eigenvalue weighted by Crippen LogP contribution is 2.30. The van der Waals surface area contributed by atoms with Crippen LogP contribution in [0.4, 0.5) is 5.69 Å². The van der Waals surface area contributed by atoms with Gasteiger partial charge in [0.15, 0.2) is 0 Å². The Morgan fingerprint density at radius 3 is 2.46 bits per heavy atom. The molecule has 2 fully saturated rings. The van der Waals surface area contributed by atoms with Crippen LogP contribution in [-0.4, -0.2) is 50.9 Å². The molecule has 1 aromatic heterocycles. The van der Waals surface area contributed by atoms with E-state index < -0.39 is 29.3 Å². The average molecular weight is 577 g/mol. The van der Waals surface area contributed by atoms with Gasteiger partial charge in [-0.3, -0.25) is 28.3 Å². The number of hydrogen-bond acceptors (Lipinski definition) is 6. The lowest BCUT2D eigenvalue weighted by Gasteiger charge is -2.20. The number of anilines is 1. The summed E-state index contributed by atoms with van der Waals surface area (Å²) >= 11 is 6.08. The number of nitriles is 1. The zero-order chi connectivity index (χ0) is 29.4. The molecule has 5 rings (SSSR count). The second kappa shape index (κ2) is 11.2. The third-order valence-corrected chi connectivity index (χ3v) is 8.03. The Balaban J connectivity index is 1.40. The van der Waals surface area contributed by atoms with Crippen LogP contribution in [-0.2, 0) is 22.7 Å². The first-order valence-corrected chi connectivity index (χ1v) is 13.8. The average Bonchev–Trinajstić information content (AvgIpc) is 3.67. The molecule has 3 aromatic rings. The number of aryl methyl sites for hydroxylation is 1. The predicted octanol–water partition coefficient (Wildman–Crippen LogP) is 2.33. The van der Waals surface area contributed by atoms with Gasteiger partial charge in [-0.25, -0.2) is 4.79 Å². The topological polar surface area (TPSA) is 146 Å². The van der Waals surface area contributed by atoms with Gasteiger partial charge in [0.05, 0.1) is 33.4 Å². The van der Waals surface area contributed by atoms with Gasteiger partial charge in [0, 0.05) is 44.4 Å². The van der Waals surface area contributed by atoms with E-state index in [0.717, 1.165) is 12.8 Å². The Morgan fingerprint density at radius 1 is 1.07 bits per heavy atom. The molecule has 2 aliphatic rings. The zero-order valence-corrected chi connectivity index (χ0v) is 23.4. The summed E-state index contributed by atoms with van der Waals surface area (Å²) in [7, 11) is 0. The summed E-state index contributed by atoms with van der Waals surface area (Å²) < 4.78 is 2.82. The fraction of sp³-hybridized carbons (Fsp3) is 0.379. The summed E-state index contributed by atoms with van der Waals surface area (Å²) in [5.41, 5.74) is 0.563. The van der Waals surface area contributed by atoms with E-state index in [1.54, 1.807) is 22.8 Å². The van der Waals surface area contributed by atoms with Crippen molar-refractivity contribution in [2.45, 2.75) is 45.8 Å². The predicted molar refractivity (Wildman–Crippen MR) is 153 cm³/mol. The van der Waals surface area contributed by atoms with Crippen LogP contribution in [0.15, 0.2) is 46.0 Å². The summed E-state index contributed by atoms with van der Waals surface area (Å²) in [6.07, 6.45) is 1.97. The molecule has 1 saturated carbocycles. The molecule has 41 heavy (non-hydrogen) atoms. The van der Waals surface area contributed by atoms with Crippen molar-refractivity contribution in [1.82, 2.24) is 19.4 Å². The van der Waals surface area contributed by atoms with Crippen LogP contribution in [0.2, 0.25) is 5.02 Å². The molecular weight excluding hydrogens is 548 g/mol. The van der Waals surface area contributed by atoms with E-state index in [4.69, 9.17) is 16.9 Å². The maximum absolute atomic E-state index is 13.5. The second-order valence-electron chi connectivity index (χ2n) is 10.5. The molecule has 1 aliphatic heterocycles. The number of fused-ring (bicyclic) bond motifs is 1. The van der Waals surface area contributed by atoms with Crippen LogP contribution in [0.5, 0.6) is 0 Å². The first-order valence-electron chi connectivity index (χ1n) is 13.5. The molecule has 11 nitrogen and oxygen atoms in total. The second-order valence-corrected chi connectivity index (χ2v) is 10.9. The van der Waals surface area contributed by atoms with Gasteiger partial charge in [-0.2, -0.15) is 5.26 Å². The van der Waals surface area contributed by atoms with E-state index in [-0.39, 0.29) is 40.8 Å². The Labute approximate surface area is 240 Å². The van der Waals surface area contributed by atoms with Crippen molar-refractivity contribution in [3.63, 3.8) is 0 Å². The first kappa shape index (κ1) is 28.1. The molecule has 1 saturated heterocycles.